The Bertz CT molecular complexity index is 1510. The summed E-state index contributed by atoms with van der Waals surface area (Å²) in [6.45, 7) is 0. The molecule has 1 amide bonds. The number of halogens is 3. The van der Waals surface area contributed by atoms with E-state index < -0.39 is 27.7 Å². The quantitative estimate of drug-likeness (QED) is 0.208. The highest BCUT2D eigenvalue weighted by Crippen LogP contribution is 2.29. The van der Waals surface area contributed by atoms with Gasteiger partial charge in [-0.3, -0.25) is 4.79 Å². The molecule has 182 valence electrons. The molecule has 0 bridgehead atoms. The van der Waals surface area contributed by atoms with Gasteiger partial charge in [0.25, 0.3) is 15.9 Å². The molecule has 4 aromatic carbocycles. The van der Waals surface area contributed by atoms with Crippen LogP contribution in [0.5, 0.6) is 5.75 Å². The Morgan fingerprint density at radius 2 is 1.19 bits per heavy atom. The summed E-state index contributed by atoms with van der Waals surface area (Å²) in [7, 11) is -4.45. The first-order chi connectivity index (χ1) is 17.1. The zero-order chi connectivity index (χ0) is 25.9. The van der Waals surface area contributed by atoms with E-state index in [2.05, 4.69) is 0 Å². The molecule has 0 aliphatic carbocycles. The second-order valence-corrected chi connectivity index (χ2v) is 10.1. The molecule has 10 heteroatoms. The lowest BCUT2D eigenvalue weighted by Crippen LogP contribution is -2.37. The van der Waals surface area contributed by atoms with Crippen molar-refractivity contribution < 1.29 is 27.1 Å². The number of hydrogen-bond acceptors (Lipinski definition) is 5. The first-order valence-corrected chi connectivity index (χ1v) is 12.5. The van der Waals surface area contributed by atoms with E-state index in [0.29, 0.717) is 14.4 Å². The van der Waals surface area contributed by atoms with Gasteiger partial charge in [-0.05, 0) is 97.1 Å². The van der Waals surface area contributed by atoms with Crippen molar-refractivity contribution in [3.05, 3.63) is 124 Å². The van der Waals surface area contributed by atoms with Gasteiger partial charge in [-0.15, -0.1) is 0 Å². The van der Waals surface area contributed by atoms with Crippen LogP contribution in [0.4, 0.5) is 10.1 Å². The summed E-state index contributed by atoms with van der Waals surface area (Å²) >= 11 is 11.7. The van der Waals surface area contributed by atoms with Crippen molar-refractivity contribution in [1.29, 1.82) is 0 Å². The van der Waals surface area contributed by atoms with Crippen molar-refractivity contribution >= 4 is 50.8 Å². The van der Waals surface area contributed by atoms with Gasteiger partial charge in [0.2, 0.25) is 0 Å². The lowest BCUT2D eigenvalue weighted by atomic mass is 10.2. The Morgan fingerprint density at radius 1 is 0.694 bits per heavy atom. The third-order valence-electron chi connectivity index (χ3n) is 4.99. The smallest absolute Gasteiger partial charge is 0.343 e. The first-order valence-electron chi connectivity index (χ1n) is 10.3. The molecule has 0 saturated heterocycles. The molecular weight excluding hydrogens is 528 g/mol. The number of sulfonamides is 1. The number of carbonyl (C=O) groups is 2. The van der Waals surface area contributed by atoms with Gasteiger partial charge in [0, 0.05) is 15.6 Å². The predicted octanol–water partition coefficient (Wildman–Crippen LogP) is 6.39. The number of benzene rings is 4. The normalized spacial score (nSPS) is 11.1. The summed E-state index contributed by atoms with van der Waals surface area (Å²) in [5, 5.41) is 0.829. The summed E-state index contributed by atoms with van der Waals surface area (Å²) in [5.41, 5.74) is 0.302. The van der Waals surface area contributed by atoms with E-state index in [9.17, 15) is 22.4 Å². The molecular formula is C26H16Cl2FNO5S. The minimum atomic E-state index is -4.45. The Kier molecular flexibility index (Phi) is 7.40. The van der Waals surface area contributed by atoms with Crippen molar-refractivity contribution in [3.63, 3.8) is 0 Å². The van der Waals surface area contributed by atoms with Crippen molar-refractivity contribution in [3.8, 4) is 5.75 Å². The number of esters is 1. The van der Waals surface area contributed by atoms with E-state index in [-0.39, 0.29) is 27.5 Å². The minimum absolute atomic E-state index is 0.0226. The van der Waals surface area contributed by atoms with E-state index >= 15 is 0 Å². The third kappa shape index (κ3) is 5.57. The molecule has 0 atom stereocenters. The number of hydrogen-bond donors (Lipinski definition) is 0. The van der Waals surface area contributed by atoms with Crippen molar-refractivity contribution in [2.75, 3.05) is 4.31 Å². The van der Waals surface area contributed by atoms with Crippen LogP contribution in [0.3, 0.4) is 0 Å². The van der Waals surface area contributed by atoms with Gasteiger partial charge >= 0.3 is 5.97 Å². The summed E-state index contributed by atoms with van der Waals surface area (Å²) in [5.74, 6) is -2.01. The second kappa shape index (κ2) is 10.5. The lowest BCUT2D eigenvalue weighted by molar-refractivity contribution is 0.0734. The number of ether oxygens (including phenoxy) is 1. The number of carbonyl (C=O) groups excluding carboxylic acids is 2. The molecule has 0 radical (unpaired) electrons. The second-order valence-electron chi connectivity index (χ2n) is 7.43. The SMILES string of the molecule is O=C(Oc1ccc(N(C(=O)c2ccc(Cl)cc2)S(=O)(=O)c2ccc(F)cc2)cc1)c1ccc(Cl)cc1. The molecule has 0 fully saturated rings. The van der Waals surface area contributed by atoms with Gasteiger partial charge in [-0.25, -0.2) is 17.6 Å². The van der Waals surface area contributed by atoms with Crippen molar-refractivity contribution in [2.24, 2.45) is 0 Å². The molecule has 0 saturated carbocycles. The van der Waals surface area contributed by atoms with Gasteiger partial charge in [0.05, 0.1) is 16.1 Å². The summed E-state index contributed by atoms with van der Waals surface area (Å²) < 4.78 is 46.3. The van der Waals surface area contributed by atoms with Crippen LogP contribution < -0.4 is 9.04 Å². The van der Waals surface area contributed by atoms with Crippen LogP contribution in [0.25, 0.3) is 0 Å². The summed E-state index contributed by atoms with van der Waals surface area (Å²) in [4.78, 5) is 25.4. The van der Waals surface area contributed by atoms with Crippen LogP contribution in [-0.2, 0) is 10.0 Å². The summed E-state index contributed by atoms with van der Waals surface area (Å²) in [6.07, 6.45) is 0. The molecule has 0 heterocycles. The maximum atomic E-state index is 13.5. The molecule has 0 unspecified atom stereocenters. The lowest BCUT2D eigenvalue weighted by Gasteiger charge is -2.23. The fourth-order valence-corrected chi connectivity index (χ4v) is 4.85. The Morgan fingerprint density at radius 3 is 1.72 bits per heavy atom. The predicted molar refractivity (Wildman–Crippen MR) is 135 cm³/mol. The Labute approximate surface area is 216 Å². The van der Waals surface area contributed by atoms with Crippen LogP contribution in [0.1, 0.15) is 20.7 Å². The van der Waals surface area contributed by atoms with E-state index in [1.54, 1.807) is 12.1 Å². The van der Waals surface area contributed by atoms with Crippen molar-refractivity contribution in [1.82, 2.24) is 0 Å². The van der Waals surface area contributed by atoms with E-state index in [4.69, 9.17) is 27.9 Å². The summed E-state index contributed by atoms with van der Waals surface area (Å²) in [6, 6.07) is 21.2. The molecule has 0 spiro atoms. The number of amides is 1. The highest BCUT2D eigenvalue weighted by Gasteiger charge is 2.32. The van der Waals surface area contributed by atoms with Gasteiger partial charge in [-0.2, -0.15) is 4.31 Å². The zero-order valence-electron chi connectivity index (χ0n) is 18.3. The highest BCUT2D eigenvalue weighted by molar-refractivity contribution is 7.93. The van der Waals surface area contributed by atoms with E-state index in [0.717, 1.165) is 24.3 Å². The molecule has 0 N–H and O–H groups in total. The van der Waals surface area contributed by atoms with Crippen LogP contribution in [0, 0.1) is 5.82 Å². The van der Waals surface area contributed by atoms with Crippen molar-refractivity contribution in [2.45, 2.75) is 4.90 Å². The number of nitrogens with zero attached hydrogens (tertiary/aromatic N) is 1. The average Bonchev–Trinajstić information content (AvgIpc) is 2.86. The van der Waals surface area contributed by atoms with Gasteiger partial charge in [0.15, 0.2) is 0 Å². The average molecular weight is 544 g/mol. The zero-order valence-corrected chi connectivity index (χ0v) is 20.6. The van der Waals surface area contributed by atoms with Crippen LogP contribution in [-0.4, -0.2) is 20.3 Å². The van der Waals surface area contributed by atoms with Crippen LogP contribution >= 0.6 is 23.2 Å². The largest absolute Gasteiger partial charge is 0.423 e. The first kappa shape index (κ1) is 25.4. The molecule has 0 aliphatic heterocycles. The molecule has 36 heavy (non-hydrogen) atoms. The molecule has 4 rings (SSSR count). The molecule has 6 nitrogen and oxygen atoms in total. The topological polar surface area (TPSA) is 80.8 Å². The third-order valence-corrected chi connectivity index (χ3v) is 7.22. The van der Waals surface area contributed by atoms with Gasteiger partial charge in [-0.1, -0.05) is 23.2 Å². The van der Waals surface area contributed by atoms with Crippen LogP contribution in [0.15, 0.2) is 102 Å². The van der Waals surface area contributed by atoms with E-state index in [1.807, 2.05) is 0 Å². The van der Waals surface area contributed by atoms with E-state index in [1.165, 1.54) is 60.7 Å². The molecule has 0 aliphatic rings. The fraction of sp³-hybridized carbons (Fsp3) is 0. The fourth-order valence-electron chi connectivity index (χ4n) is 3.19. The number of anilines is 1. The maximum absolute atomic E-state index is 13.5. The minimum Gasteiger partial charge on any atom is -0.423 e. The van der Waals surface area contributed by atoms with Crippen LogP contribution in [0.2, 0.25) is 10.0 Å². The maximum Gasteiger partial charge on any atom is 0.343 e. The van der Waals surface area contributed by atoms with Gasteiger partial charge < -0.3 is 4.74 Å². The standard InChI is InChI=1S/C26H16Cl2FNO5S/c27-19-5-1-17(2-6-19)25(31)30(36(33,34)24-15-9-21(29)10-16-24)22-11-13-23(14-12-22)35-26(32)18-3-7-20(28)8-4-18/h1-16H. The highest BCUT2D eigenvalue weighted by atomic mass is 35.5. The van der Waals surface area contributed by atoms with Gasteiger partial charge in [0.1, 0.15) is 11.6 Å². The number of rotatable bonds is 6. The Balaban J connectivity index is 1.69. The monoisotopic (exact) mass is 543 g/mol. The Hall–Kier alpha value is -3.72. The molecule has 4 aromatic rings. The molecule has 0 aromatic heterocycles.